The molecule has 2 aliphatic rings. The fraction of sp³-hybridized carbons (Fsp3) is 0.533. The van der Waals surface area contributed by atoms with Crippen LogP contribution in [0.1, 0.15) is 31.5 Å². The van der Waals surface area contributed by atoms with E-state index in [-0.39, 0.29) is 24.6 Å². The maximum atomic E-state index is 12.4. The van der Waals surface area contributed by atoms with Crippen LogP contribution in [0.5, 0.6) is 0 Å². The van der Waals surface area contributed by atoms with E-state index in [1.54, 1.807) is 11.1 Å². The Morgan fingerprint density at radius 2 is 2.22 bits per heavy atom. The monoisotopic (exact) mass is 382 g/mol. The maximum absolute atomic E-state index is 12.4. The second kappa shape index (κ2) is 6.45. The number of nitrogens with zero attached hydrogens (tertiary/aromatic N) is 2. The first kappa shape index (κ1) is 16.2. The number of piperidine rings is 1. The standard InChI is InChI=1S/C15H19BrN4O3/c1-10(12-3-2-11(16)8-17-12)18-14(22)20-6-4-15(5-7-20)19-13(21)9-23-15/h2-3,8,10H,4-7,9H2,1H3,(H,18,22)(H,19,21). The van der Waals surface area contributed by atoms with Crippen molar-refractivity contribution in [2.24, 2.45) is 0 Å². The molecule has 1 aromatic heterocycles. The van der Waals surface area contributed by atoms with E-state index in [2.05, 4.69) is 31.5 Å². The molecule has 1 spiro atoms. The van der Waals surface area contributed by atoms with Crippen molar-refractivity contribution in [2.45, 2.75) is 31.5 Å². The van der Waals surface area contributed by atoms with Crippen molar-refractivity contribution in [2.75, 3.05) is 19.7 Å². The van der Waals surface area contributed by atoms with Gasteiger partial charge in [0, 0.05) is 36.6 Å². The minimum Gasteiger partial charge on any atom is -0.346 e. The summed E-state index contributed by atoms with van der Waals surface area (Å²) in [6.07, 6.45) is 2.93. The number of carbonyl (C=O) groups excluding carboxylic acids is 2. The average Bonchev–Trinajstić information content (AvgIpc) is 2.89. The van der Waals surface area contributed by atoms with E-state index in [4.69, 9.17) is 4.74 Å². The van der Waals surface area contributed by atoms with Gasteiger partial charge in [-0.05, 0) is 35.0 Å². The molecular weight excluding hydrogens is 364 g/mol. The molecule has 3 heterocycles. The minimum absolute atomic E-state index is 0.0853. The van der Waals surface area contributed by atoms with Crippen LogP contribution in [-0.2, 0) is 9.53 Å². The van der Waals surface area contributed by atoms with Gasteiger partial charge in [0.25, 0.3) is 0 Å². The summed E-state index contributed by atoms with van der Waals surface area (Å²) < 4.78 is 6.45. The first-order chi connectivity index (χ1) is 11.0. The maximum Gasteiger partial charge on any atom is 0.317 e. The SMILES string of the molecule is CC(NC(=O)N1CCC2(CC1)NC(=O)CO2)c1ccc(Br)cn1. The number of carbonyl (C=O) groups is 2. The third kappa shape index (κ3) is 3.64. The Bertz CT molecular complexity index is 599. The fourth-order valence-electron chi connectivity index (χ4n) is 2.86. The Balaban J connectivity index is 1.53. The van der Waals surface area contributed by atoms with Crippen molar-refractivity contribution < 1.29 is 14.3 Å². The molecule has 7 nitrogen and oxygen atoms in total. The molecule has 1 unspecified atom stereocenters. The van der Waals surface area contributed by atoms with E-state index in [9.17, 15) is 9.59 Å². The molecule has 2 aliphatic heterocycles. The zero-order chi connectivity index (χ0) is 16.4. The highest BCUT2D eigenvalue weighted by Crippen LogP contribution is 2.27. The second-order valence-electron chi connectivity index (χ2n) is 5.89. The molecular formula is C15H19BrN4O3. The Hall–Kier alpha value is -1.67. The van der Waals surface area contributed by atoms with Gasteiger partial charge in [0.05, 0.1) is 11.7 Å². The molecule has 3 amide bonds. The zero-order valence-corrected chi connectivity index (χ0v) is 14.4. The molecule has 2 saturated heterocycles. The van der Waals surface area contributed by atoms with Crippen LogP contribution in [-0.4, -0.2) is 47.2 Å². The van der Waals surface area contributed by atoms with Gasteiger partial charge in [0.1, 0.15) is 12.3 Å². The Kier molecular flexibility index (Phi) is 4.54. The lowest BCUT2D eigenvalue weighted by molar-refractivity contribution is -0.119. The molecule has 0 bridgehead atoms. The lowest BCUT2D eigenvalue weighted by Crippen LogP contribution is -2.54. The highest BCUT2D eigenvalue weighted by atomic mass is 79.9. The highest BCUT2D eigenvalue weighted by Gasteiger charge is 2.42. The van der Waals surface area contributed by atoms with Crippen LogP contribution >= 0.6 is 15.9 Å². The molecule has 1 atom stereocenters. The zero-order valence-electron chi connectivity index (χ0n) is 12.8. The van der Waals surface area contributed by atoms with Crippen LogP contribution in [0.25, 0.3) is 0 Å². The number of rotatable bonds is 2. The number of pyridine rings is 1. The number of urea groups is 1. The van der Waals surface area contributed by atoms with Gasteiger partial charge in [-0.1, -0.05) is 0 Å². The van der Waals surface area contributed by atoms with Gasteiger partial charge in [-0.2, -0.15) is 0 Å². The Labute approximate surface area is 142 Å². The molecule has 124 valence electrons. The largest absolute Gasteiger partial charge is 0.346 e. The number of hydrogen-bond donors (Lipinski definition) is 2. The smallest absolute Gasteiger partial charge is 0.317 e. The molecule has 3 rings (SSSR count). The van der Waals surface area contributed by atoms with Crippen molar-refractivity contribution in [3.05, 3.63) is 28.5 Å². The first-order valence-electron chi connectivity index (χ1n) is 7.59. The van der Waals surface area contributed by atoms with Crippen LogP contribution in [0.3, 0.4) is 0 Å². The molecule has 0 saturated carbocycles. The summed E-state index contributed by atoms with van der Waals surface area (Å²) in [6, 6.07) is 3.48. The van der Waals surface area contributed by atoms with Crippen LogP contribution in [0.2, 0.25) is 0 Å². The van der Waals surface area contributed by atoms with E-state index in [0.717, 1.165) is 10.2 Å². The molecule has 23 heavy (non-hydrogen) atoms. The summed E-state index contributed by atoms with van der Waals surface area (Å²) in [6.45, 7) is 3.11. The van der Waals surface area contributed by atoms with E-state index < -0.39 is 5.72 Å². The molecule has 1 aromatic rings. The van der Waals surface area contributed by atoms with Gasteiger partial charge in [-0.25, -0.2) is 4.79 Å². The molecule has 0 aliphatic carbocycles. The Morgan fingerprint density at radius 1 is 1.48 bits per heavy atom. The Morgan fingerprint density at radius 3 is 2.78 bits per heavy atom. The van der Waals surface area contributed by atoms with Crippen molar-refractivity contribution in [3.63, 3.8) is 0 Å². The summed E-state index contributed by atoms with van der Waals surface area (Å²) in [5.74, 6) is -0.0853. The second-order valence-corrected chi connectivity index (χ2v) is 6.81. The van der Waals surface area contributed by atoms with Gasteiger partial charge in [-0.15, -0.1) is 0 Å². The lowest BCUT2D eigenvalue weighted by atomic mass is 10.0. The van der Waals surface area contributed by atoms with E-state index in [1.807, 2.05) is 19.1 Å². The molecule has 2 N–H and O–H groups in total. The summed E-state index contributed by atoms with van der Waals surface area (Å²) in [5.41, 5.74) is 0.230. The van der Waals surface area contributed by atoms with Gasteiger partial charge in [-0.3, -0.25) is 9.78 Å². The van der Waals surface area contributed by atoms with Crippen LogP contribution < -0.4 is 10.6 Å². The van der Waals surface area contributed by atoms with E-state index >= 15 is 0 Å². The summed E-state index contributed by atoms with van der Waals surface area (Å²) in [5, 5.41) is 5.82. The number of ether oxygens (including phenoxy) is 1. The van der Waals surface area contributed by atoms with Crippen molar-refractivity contribution in [1.29, 1.82) is 0 Å². The summed E-state index contributed by atoms with van der Waals surface area (Å²) >= 11 is 3.34. The summed E-state index contributed by atoms with van der Waals surface area (Å²) in [4.78, 5) is 29.7. The molecule has 0 aromatic carbocycles. The normalized spacial score (nSPS) is 21.1. The van der Waals surface area contributed by atoms with Crippen molar-refractivity contribution in [3.8, 4) is 0 Å². The number of hydrogen-bond acceptors (Lipinski definition) is 4. The predicted molar refractivity (Wildman–Crippen MR) is 86.5 cm³/mol. The molecule has 2 fully saturated rings. The van der Waals surface area contributed by atoms with Crippen molar-refractivity contribution in [1.82, 2.24) is 20.5 Å². The summed E-state index contributed by atoms with van der Waals surface area (Å²) in [7, 11) is 0. The predicted octanol–water partition coefficient (Wildman–Crippen LogP) is 1.55. The number of halogens is 1. The third-order valence-electron chi connectivity index (χ3n) is 4.24. The topological polar surface area (TPSA) is 83.6 Å². The number of amides is 3. The fourth-order valence-corrected chi connectivity index (χ4v) is 3.10. The third-order valence-corrected chi connectivity index (χ3v) is 4.71. The van der Waals surface area contributed by atoms with Gasteiger partial charge >= 0.3 is 6.03 Å². The molecule has 8 heteroatoms. The molecule has 0 radical (unpaired) electrons. The van der Waals surface area contributed by atoms with Gasteiger partial charge in [0.2, 0.25) is 5.91 Å². The quantitative estimate of drug-likeness (QED) is 0.812. The average molecular weight is 383 g/mol. The van der Waals surface area contributed by atoms with Crippen LogP contribution in [0, 0.1) is 0 Å². The number of nitrogens with one attached hydrogen (secondary N) is 2. The first-order valence-corrected chi connectivity index (χ1v) is 8.39. The number of aromatic nitrogens is 1. The van der Waals surface area contributed by atoms with Crippen LogP contribution in [0.15, 0.2) is 22.8 Å². The minimum atomic E-state index is -0.577. The van der Waals surface area contributed by atoms with Gasteiger partial charge < -0.3 is 20.3 Å². The lowest BCUT2D eigenvalue weighted by Gasteiger charge is -2.38. The van der Waals surface area contributed by atoms with Crippen LogP contribution in [0.4, 0.5) is 4.79 Å². The van der Waals surface area contributed by atoms with E-state index in [1.165, 1.54) is 0 Å². The van der Waals surface area contributed by atoms with Crippen molar-refractivity contribution >= 4 is 27.9 Å². The van der Waals surface area contributed by atoms with E-state index in [0.29, 0.717) is 25.9 Å². The highest BCUT2D eigenvalue weighted by molar-refractivity contribution is 9.10. The number of likely N-dealkylation sites (tertiary alicyclic amines) is 1. The van der Waals surface area contributed by atoms with Gasteiger partial charge in [0.15, 0.2) is 0 Å².